The van der Waals surface area contributed by atoms with Gasteiger partial charge in [0, 0.05) is 25.7 Å². The number of carboxylic acids is 2. The number of hydrogen-bond acceptors (Lipinski definition) is 7. The number of fused-ring (bicyclic) bond motifs is 1. The third-order valence-electron chi connectivity index (χ3n) is 8.48. The van der Waals surface area contributed by atoms with E-state index in [-0.39, 0.29) is 30.2 Å². The number of benzene rings is 2. The molecule has 2 atom stereocenters. The topological polar surface area (TPSA) is 124 Å². The van der Waals surface area contributed by atoms with Crippen LogP contribution in [0.1, 0.15) is 103 Å². The lowest BCUT2D eigenvalue weighted by molar-refractivity contribution is -0.141. The number of carbonyl (C=O) groups is 2. The average Bonchev–Trinajstić information content (AvgIpc) is 3.08. The van der Waals surface area contributed by atoms with Crippen LogP contribution in [0, 0.1) is 5.41 Å². The molecule has 46 heavy (non-hydrogen) atoms. The first-order valence-corrected chi connectivity index (χ1v) is 18.3. The molecule has 0 saturated heterocycles. The summed E-state index contributed by atoms with van der Waals surface area (Å²) >= 11 is 0. The molecule has 2 aromatic rings. The van der Waals surface area contributed by atoms with E-state index in [0.29, 0.717) is 24.5 Å². The summed E-state index contributed by atoms with van der Waals surface area (Å²) in [7, 11) is 0.470. The molecular formula is C36H56N2O7S. The van der Waals surface area contributed by atoms with Crippen LogP contribution in [0.4, 0.5) is 5.69 Å². The van der Waals surface area contributed by atoms with Crippen LogP contribution < -0.4 is 9.64 Å². The van der Waals surface area contributed by atoms with Crippen LogP contribution in [-0.4, -0.2) is 81.6 Å². The van der Waals surface area contributed by atoms with Gasteiger partial charge in [0.25, 0.3) is 0 Å². The summed E-state index contributed by atoms with van der Waals surface area (Å²) < 4.78 is 33.2. The molecule has 258 valence electrons. The summed E-state index contributed by atoms with van der Waals surface area (Å²) in [6.07, 6.45) is 8.47. The molecule has 0 aromatic heterocycles. The third-order valence-corrected chi connectivity index (χ3v) is 10.6. The number of aliphatic carboxylic acids is 2. The zero-order valence-corrected chi connectivity index (χ0v) is 29.6. The molecule has 1 aliphatic heterocycles. The quantitative estimate of drug-likeness (QED) is 0.171. The van der Waals surface area contributed by atoms with Crippen LogP contribution in [0.5, 0.6) is 5.75 Å². The van der Waals surface area contributed by atoms with Gasteiger partial charge in [0.05, 0.1) is 30.3 Å². The Bertz CT molecular complexity index is 1330. The Kier molecular flexibility index (Phi) is 16.0. The summed E-state index contributed by atoms with van der Waals surface area (Å²) in [5.41, 5.74) is 2.56. The van der Waals surface area contributed by atoms with Crippen molar-refractivity contribution in [3.8, 4) is 5.75 Å². The number of sulfone groups is 1. The number of nitrogens with zero attached hydrogens (tertiary/aromatic N) is 2. The zero-order chi connectivity index (χ0) is 34.3. The van der Waals surface area contributed by atoms with Crippen molar-refractivity contribution in [1.29, 1.82) is 0 Å². The van der Waals surface area contributed by atoms with E-state index in [1.165, 1.54) is 17.7 Å². The van der Waals surface area contributed by atoms with Crippen molar-refractivity contribution in [1.82, 2.24) is 4.90 Å². The van der Waals surface area contributed by atoms with Crippen LogP contribution in [-0.2, 0) is 19.4 Å². The maximum Gasteiger partial charge on any atom is 0.317 e. The molecule has 9 nitrogen and oxygen atoms in total. The Hall–Kier alpha value is -3.11. The van der Waals surface area contributed by atoms with Gasteiger partial charge in [-0.15, -0.1) is 0 Å². The maximum absolute atomic E-state index is 13.6. The number of rotatable bonds is 17. The molecule has 0 aliphatic carbocycles. The Balaban J connectivity index is 0.00000173. The summed E-state index contributed by atoms with van der Waals surface area (Å²) in [5, 5.41) is 17.9. The van der Waals surface area contributed by atoms with Gasteiger partial charge in [-0.3, -0.25) is 14.5 Å². The molecule has 10 heteroatoms. The second kappa shape index (κ2) is 18.9. The molecule has 2 N–H and O–H groups in total. The standard InChI is InChI=1S/C32H46N2O7S.C4H10/c1-5-6-16-32(2)20-28(27-19-25(33(3)4)12-15-29(27)42(39,40)23-32)24-10-13-26(14-11-24)41-18-9-7-8-17-34(21-30(35)36)22-31(37)38;1-3-4-2/h10-15,19,28H,5-9,16-18,20-23H2,1-4H3,(H,35,36)(H,37,38);3-4H2,1-2H3/t28-,32?;/m1./s1. The first-order chi connectivity index (χ1) is 21.7. The molecule has 0 radical (unpaired) electrons. The number of ether oxygens (including phenoxy) is 1. The van der Waals surface area contributed by atoms with Gasteiger partial charge in [0.15, 0.2) is 9.84 Å². The molecular weight excluding hydrogens is 604 g/mol. The van der Waals surface area contributed by atoms with E-state index >= 15 is 0 Å². The summed E-state index contributed by atoms with van der Waals surface area (Å²) in [6.45, 7) is 8.92. The number of anilines is 1. The van der Waals surface area contributed by atoms with Crippen molar-refractivity contribution >= 4 is 27.5 Å². The molecule has 3 rings (SSSR count). The molecule has 0 amide bonds. The van der Waals surface area contributed by atoms with Crippen molar-refractivity contribution in [3.63, 3.8) is 0 Å². The largest absolute Gasteiger partial charge is 0.494 e. The van der Waals surface area contributed by atoms with E-state index in [4.69, 9.17) is 14.9 Å². The van der Waals surface area contributed by atoms with E-state index in [0.717, 1.165) is 61.1 Å². The lowest BCUT2D eigenvalue weighted by Gasteiger charge is -2.31. The van der Waals surface area contributed by atoms with Gasteiger partial charge in [0.1, 0.15) is 5.75 Å². The molecule has 1 unspecified atom stereocenters. The van der Waals surface area contributed by atoms with Crippen LogP contribution >= 0.6 is 0 Å². The molecule has 2 aromatic carbocycles. The maximum atomic E-state index is 13.6. The van der Waals surface area contributed by atoms with E-state index in [1.807, 2.05) is 55.4 Å². The highest BCUT2D eigenvalue weighted by Gasteiger charge is 2.40. The SMILES string of the molecule is CCCC.CCCCC1(C)C[C@H](c2ccc(OCCCCCN(CC(=O)O)CC(=O)O)cc2)c2cc(N(C)C)ccc2S(=O)(=O)C1. The van der Waals surface area contributed by atoms with E-state index in [2.05, 4.69) is 27.7 Å². The minimum absolute atomic E-state index is 0.0624. The van der Waals surface area contributed by atoms with Gasteiger partial charge < -0.3 is 19.8 Å². The number of carboxylic acid groups (broad SMARTS) is 2. The molecule has 0 spiro atoms. The summed E-state index contributed by atoms with van der Waals surface area (Å²) in [6, 6.07) is 13.7. The highest BCUT2D eigenvalue weighted by molar-refractivity contribution is 7.91. The smallest absolute Gasteiger partial charge is 0.317 e. The van der Waals surface area contributed by atoms with E-state index in [1.54, 1.807) is 6.07 Å². The van der Waals surface area contributed by atoms with Crippen LogP contribution in [0.25, 0.3) is 0 Å². The van der Waals surface area contributed by atoms with Crippen molar-refractivity contribution in [2.45, 2.75) is 96.3 Å². The Labute approximate surface area is 276 Å². The molecule has 1 heterocycles. The molecule has 1 aliphatic rings. The minimum atomic E-state index is -3.45. The lowest BCUT2D eigenvalue weighted by atomic mass is 9.74. The number of hydrogen-bond donors (Lipinski definition) is 2. The average molecular weight is 661 g/mol. The number of unbranched alkanes of at least 4 members (excludes halogenated alkanes) is 4. The summed E-state index contributed by atoms with van der Waals surface area (Å²) in [5.74, 6) is -1.26. The Morgan fingerprint density at radius 1 is 0.891 bits per heavy atom. The monoisotopic (exact) mass is 660 g/mol. The zero-order valence-electron chi connectivity index (χ0n) is 28.8. The molecule has 0 bridgehead atoms. The van der Waals surface area contributed by atoms with Gasteiger partial charge in [-0.1, -0.05) is 65.5 Å². The van der Waals surface area contributed by atoms with Crippen LogP contribution in [0.2, 0.25) is 0 Å². The first-order valence-electron chi connectivity index (χ1n) is 16.7. The fraction of sp³-hybridized carbons (Fsp3) is 0.611. The van der Waals surface area contributed by atoms with Crippen molar-refractivity contribution in [2.75, 3.05) is 51.0 Å². The minimum Gasteiger partial charge on any atom is -0.494 e. The Morgan fingerprint density at radius 2 is 1.52 bits per heavy atom. The van der Waals surface area contributed by atoms with Crippen molar-refractivity contribution in [3.05, 3.63) is 53.6 Å². The first kappa shape index (κ1) is 39.1. The predicted octanol–water partition coefficient (Wildman–Crippen LogP) is 7.09. The Morgan fingerprint density at radius 3 is 2.07 bits per heavy atom. The van der Waals surface area contributed by atoms with Crippen LogP contribution in [0.15, 0.2) is 47.4 Å². The highest BCUT2D eigenvalue weighted by atomic mass is 32.2. The fourth-order valence-corrected chi connectivity index (χ4v) is 8.01. The van der Waals surface area contributed by atoms with Gasteiger partial charge in [-0.2, -0.15) is 0 Å². The van der Waals surface area contributed by atoms with Crippen LogP contribution in [0.3, 0.4) is 0 Å². The highest BCUT2D eigenvalue weighted by Crippen LogP contribution is 2.47. The second-order valence-corrected chi connectivity index (χ2v) is 15.0. The summed E-state index contributed by atoms with van der Waals surface area (Å²) in [4.78, 5) is 25.7. The van der Waals surface area contributed by atoms with Gasteiger partial charge >= 0.3 is 11.9 Å². The second-order valence-electron chi connectivity index (χ2n) is 13.0. The van der Waals surface area contributed by atoms with Gasteiger partial charge in [-0.25, -0.2) is 8.42 Å². The van der Waals surface area contributed by atoms with Crippen molar-refractivity contribution in [2.24, 2.45) is 5.41 Å². The predicted molar refractivity (Wildman–Crippen MR) is 185 cm³/mol. The van der Waals surface area contributed by atoms with Crippen molar-refractivity contribution < 1.29 is 33.0 Å². The third kappa shape index (κ3) is 12.6. The molecule has 0 fully saturated rings. The lowest BCUT2D eigenvalue weighted by Crippen LogP contribution is -2.35. The van der Waals surface area contributed by atoms with E-state index in [9.17, 15) is 18.0 Å². The van der Waals surface area contributed by atoms with Gasteiger partial charge in [-0.05, 0) is 85.5 Å². The normalized spacial score (nSPS) is 18.5. The molecule has 0 saturated carbocycles. The van der Waals surface area contributed by atoms with Gasteiger partial charge in [0.2, 0.25) is 0 Å². The fourth-order valence-electron chi connectivity index (χ4n) is 5.84. The van der Waals surface area contributed by atoms with E-state index < -0.39 is 21.8 Å².